The maximum Gasteiger partial charge on any atom is 0.413 e. The van der Waals surface area contributed by atoms with Crippen LogP contribution in [0.2, 0.25) is 0 Å². The highest BCUT2D eigenvalue weighted by atomic mass is 32.1. The van der Waals surface area contributed by atoms with Gasteiger partial charge in [-0.15, -0.1) is 0 Å². The van der Waals surface area contributed by atoms with Gasteiger partial charge in [-0.1, -0.05) is 22.9 Å². The van der Waals surface area contributed by atoms with Crippen molar-refractivity contribution < 1.29 is 14.3 Å². The number of pyridine rings is 1. The minimum absolute atomic E-state index is 0.0356. The number of aromatic nitrogens is 4. The summed E-state index contributed by atoms with van der Waals surface area (Å²) >= 11 is 1.36. The van der Waals surface area contributed by atoms with Gasteiger partial charge in [0.05, 0.1) is 34.8 Å². The second-order valence-electron chi connectivity index (χ2n) is 9.06. The van der Waals surface area contributed by atoms with Gasteiger partial charge in [0.1, 0.15) is 7.85 Å². The first kappa shape index (κ1) is 24.3. The molecular weight excluding hydrogens is 501 g/mol. The molecular formula is C26H24BN7O3S. The Morgan fingerprint density at radius 3 is 2.76 bits per heavy atom. The lowest BCUT2D eigenvalue weighted by Crippen LogP contribution is -2.46. The molecule has 1 aromatic carbocycles. The molecule has 0 bridgehead atoms. The molecule has 4 aromatic rings. The van der Waals surface area contributed by atoms with Crippen LogP contribution in [-0.4, -0.2) is 77.8 Å². The van der Waals surface area contributed by atoms with Gasteiger partial charge in [0, 0.05) is 55.3 Å². The third-order valence-corrected chi connectivity index (χ3v) is 7.76. The van der Waals surface area contributed by atoms with Crippen LogP contribution in [0, 0.1) is 0 Å². The zero-order valence-corrected chi connectivity index (χ0v) is 21.5. The molecule has 2 amide bonds. The Morgan fingerprint density at radius 2 is 2.03 bits per heavy atom. The summed E-state index contributed by atoms with van der Waals surface area (Å²) in [6.45, 7) is 2.88. The predicted molar refractivity (Wildman–Crippen MR) is 145 cm³/mol. The van der Waals surface area contributed by atoms with E-state index in [-0.39, 0.29) is 5.91 Å². The Morgan fingerprint density at radius 1 is 1.18 bits per heavy atom. The molecule has 1 fully saturated rings. The largest absolute Gasteiger partial charge is 0.453 e. The number of ether oxygens (including phenoxy) is 1. The highest BCUT2D eigenvalue weighted by molar-refractivity contribution is 7.19. The quantitative estimate of drug-likeness (QED) is 0.393. The molecule has 1 aliphatic heterocycles. The molecule has 2 aliphatic rings. The van der Waals surface area contributed by atoms with Crippen LogP contribution in [0.3, 0.4) is 0 Å². The number of carbonyl (C=O) groups is 2. The first-order valence-corrected chi connectivity index (χ1v) is 13.1. The monoisotopic (exact) mass is 525 g/mol. The fourth-order valence-electron chi connectivity index (χ4n) is 4.90. The van der Waals surface area contributed by atoms with E-state index < -0.39 is 6.09 Å². The van der Waals surface area contributed by atoms with Gasteiger partial charge in [-0.3, -0.25) is 15.1 Å². The highest BCUT2D eigenvalue weighted by Gasteiger charge is 2.30. The summed E-state index contributed by atoms with van der Waals surface area (Å²) in [5, 5.41) is 11.4. The number of piperazine rings is 1. The molecule has 38 heavy (non-hydrogen) atoms. The molecule has 0 spiro atoms. The van der Waals surface area contributed by atoms with Crippen molar-refractivity contribution in [2.75, 3.05) is 38.6 Å². The maximum absolute atomic E-state index is 13.1. The second-order valence-corrected chi connectivity index (χ2v) is 10.1. The van der Waals surface area contributed by atoms with Gasteiger partial charge >= 0.3 is 6.09 Å². The fourth-order valence-corrected chi connectivity index (χ4v) is 5.96. The van der Waals surface area contributed by atoms with E-state index >= 15 is 0 Å². The Bertz CT molecular complexity index is 1530. The van der Waals surface area contributed by atoms with Gasteiger partial charge < -0.3 is 15.0 Å². The van der Waals surface area contributed by atoms with Crippen molar-refractivity contribution in [1.29, 1.82) is 0 Å². The van der Waals surface area contributed by atoms with Crippen LogP contribution in [0.4, 0.5) is 9.93 Å². The number of nitrogens with one attached hydrogen (secondary N) is 2. The van der Waals surface area contributed by atoms with Gasteiger partial charge in [-0.05, 0) is 37.1 Å². The number of aryl methyl sites for hydroxylation is 1. The molecule has 3 aromatic heterocycles. The molecule has 2 radical (unpaired) electrons. The summed E-state index contributed by atoms with van der Waals surface area (Å²) < 4.78 is 6.57. The summed E-state index contributed by atoms with van der Waals surface area (Å²) in [5.74, 6) is -0.0356. The van der Waals surface area contributed by atoms with Gasteiger partial charge in [-0.25, -0.2) is 14.5 Å². The maximum atomic E-state index is 13.1. The number of fused-ring (bicyclic) bond motifs is 3. The van der Waals surface area contributed by atoms with Crippen LogP contribution in [-0.2, 0) is 17.6 Å². The van der Waals surface area contributed by atoms with Gasteiger partial charge in [0.2, 0.25) is 0 Å². The zero-order valence-electron chi connectivity index (χ0n) is 20.7. The van der Waals surface area contributed by atoms with E-state index in [0.717, 1.165) is 46.2 Å². The molecule has 1 saturated heterocycles. The van der Waals surface area contributed by atoms with Crippen LogP contribution in [0.1, 0.15) is 21.6 Å². The van der Waals surface area contributed by atoms with E-state index in [4.69, 9.17) is 17.7 Å². The number of thiazole rings is 1. The Balaban J connectivity index is 1.46. The summed E-state index contributed by atoms with van der Waals surface area (Å²) in [4.78, 5) is 36.5. The van der Waals surface area contributed by atoms with Gasteiger partial charge in [0.15, 0.2) is 5.13 Å². The molecule has 12 heteroatoms. The molecule has 4 heterocycles. The second kappa shape index (κ2) is 10.0. The first-order chi connectivity index (χ1) is 18.5. The molecule has 6 rings (SSSR count). The van der Waals surface area contributed by atoms with Crippen molar-refractivity contribution in [1.82, 2.24) is 30.0 Å². The molecule has 190 valence electrons. The van der Waals surface area contributed by atoms with Crippen molar-refractivity contribution >= 4 is 41.8 Å². The lowest BCUT2D eigenvalue weighted by molar-refractivity contribution is 0.0736. The number of hydrogen-bond donors (Lipinski definition) is 2. The fraction of sp³-hybridized carbons (Fsp3) is 0.269. The van der Waals surface area contributed by atoms with E-state index in [9.17, 15) is 9.59 Å². The molecule has 0 saturated carbocycles. The summed E-state index contributed by atoms with van der Waals surface area (Å²) in [6.07, 6.45) is 4.36. The van der Waals surface area contributed by atoms with E-state index in [1.54, 1.807) is 24.5 Å². The lowest BCUT2D eigenvalue weighted by atomic mass is 9.91. The number of benzene rings is 1. The topological polar surface area (TPSA) is 114 Å². The van der Waals surface area contributed by atoms with E-state index in [0.29, 0.717) is 47.8 Å². The molecule has 0 unspecified atom stereocenters. The van der Waals surface area contributed by atoms with Crippen molar-refractivity contribution in [3.05, 3.63) is 59.5 Å². The number of hydrogen-bond acceptors (Lipinski definition) is 8. The van der Waals surface area contributed by atoms with Gasteiger partial charge in [-0.2, -0.15) is 5.10 Å². The van der Waals surface area contributed by atoms with Crippen molar-refractivity contribution in [3.8, 4) is 27.5 Å². The molecule has 2 N–H and O–H groups in total. The summed E-state index contributed by atoms with van der Waals surface area (Å²) in [7, 11) is 7.88. The van der Waals surface area contributed by atoms with E-state index in [1.165, 1.54) is 18.4 Å². The van der Waals surface area contributed by atoms with Crippen LogP contribution in [0.15, 0.2) is 42.7 Å². The standard InChI is InChI=1S/C26H24BN7O3S/c1-37-26(36)31-25-30-19-6-5-17-21(16-3-2-8-29-14-16)32-34(22(17)23(19)38-25)20-7-4-15(13-18(20)27)24(35)33-11-9-28-10-12-33/h2-4,7-8,13-14,28H,5-6,9-12H2,1H3,(H,30,31,36). The molecule has 10 nitrogen and oxygen atoms in total. The number of nitrogens with zero attached hydrogens (tertiary/aromatic N) is 5. The van der Waals surface area contributed by atoms with Crippen LogP contribution in [0.25, 0.3) is 27.5 Å². The van der Waals surface area contributed by atoms with Crippen molar-refractivity contribution in [3.63, 3.8) is 0 Å². The Kier molecular flexibility index (Phi) is 6.42. The number of amides is 2. The van der Waals surface area contributed by atoms with E-state index in [1.807, 2.05) is 27.8 Å². The third-order valence-electron chi connectivity index (χ3n) is 6.74. The van der Waals surface area contributed by atoms with Crippen molar-refractivity contribution in [2.24, 2.45) is 0 Å². The molecule has 0 atom stereocenters. The average molecular weight is 525 g/mol. The average Bonchev–Trinajstić information content (AvgIpc) is 3.54. The van der Waals surface area contributed by atoms with Gasteiger partial charge in [0.25, 0.3) is 5.91 Å². The highest BCUT2D eigenvalue weighted by Crippen LogP contribution is 2.43. The third kappa shape index (κ3) is 4.35. The summed E-state index contributed by atoms with van der Waals surface area (Å²) in [5.41, 5.74) is 6.16. The van der Waals surface area contributed by atoms with Crippen molar-refractivity contribution in [2.45, 2.75) is 12.8 Å². The molecule has 1 aliphatic carbocycles. The normalized spacial score (nSPS) is 14.5. The lowest BCUT2D eigenvalue weighted by Gasteiger charge is -2.27. The predicted octanol–water partition coefficient (Wildman–Crippen LogP) is 2.17. The zero-order chi connectivity index (χ0) is 26.2. The minimum Gasteiger partial charge on any atom is -0.453 e. The van der Waals surface area contributed by atoms with E-state index in [2.05, 4.69) is 20.6 Å². The number of anilines is 1. The number of rotatable bonds is 4. The van der Waals surface area contributed by atoms with Crippen LogP contribution >= 0.6 is 11.3 Å². The summed E-state index contributed by atoms with van der Waals surface area (Å²) in [6, 6.07) is 9.22. The number of methoxy groups -OCH3 is 1. The first-order valence-electron chi connectivity index (χ1n) is 12.3. The Hall–Kier alpha value is -4.03. The van der Waals surface area contributed by atoms with Crippen LogP contribution < -0.4 is 16.1 Å². The smallest absolute Gasteiger partial charge is 0.413 e. The Labute approximate surface area is 224 Å². The minimum atomic E-state index is -0.574. The van der Waals surface area contributed by atoms with Crippen LogP contribution in [0.5, 0.6) is 0 Å². The number of carbonyl (C=O) groups excluding carboxylic acids is 2. The SMILES string of the molecule is [B]c1cc(C(=O)N2CCNCC2)ccc1-n1nc(-c2cccnc2)c2c1-c1sc(NC(=O)OC)nc1CC2.